The summed E-state index contributed by atoms with van der Waals surface area (Å²) in [5, 5.41) is 0.478. The van der Waals surface area contributed by atoms with Crippen LogP contribution in [0.2, 0.25) is 5.02 Å². The van der Waals surface area contributed by atoms with Gasteiger partial charge in [0.25, 0.3) is 0 Å². The van der Waals surface area contributed by atoms with Gasteiger partial charge in [0.05, 0.1) is 10.9 Å². The van der Waals surface area contributed by atoms with Crippen molar-refractivity contribution in [2.75, 3.05) is 0 Å². The number of rotatable bonds is 7. The standard InChI is InChI=1S/C23H21ClO3/c1-17(23(25)27-16-19-10-6-3-7-11-19)20-12-13-22(21(24)14-20)26-15-18-8-4-2-5-9-18/h2-14,17H,15-16H2,1H3. The summed E-state index contributed by atoms with van der Waals surface area (Å²) in [4.78, 5) is 12.3. The van der Waals surface area contributed by atoms with Gasteiger partial charge in [0.1, 0.15) is 19.0 Å². The zero-order valence-corrected chi connectivity index (χ0v) is 15.9. The van der Waals surface area contributed by atoms with E-state index in [-0.39, 0.29) is 12.6 Å². The topological polar surface area (TPSA) is 35.5 Å². The van der Waals surface area contributed by atoms with Crippen molar-refractivity contribution in [3.8, 4) is 5.75 Å². The molecule has 1 unspecified atom stereocenters. The van der Waals surface area contributed by atoms with E-state index < -0.39 is 5.92 Å². The highest BCUT2D eigenvalue weighted by atomic mass is 35.5. The van der Waals surface area contributed by atoms with Crippen molar-refractivity contribution >= 4 is 17.6 Å². The molecule has 1 atom stereocenters. The summed E-state index contributed by atoms with van der Waals surface area (Å²) < 4.78 is 11.2. The molecule has 27 heavy (non-hydrogen) atoms. The highest BCUT2D eigenvalue weighted by Gasteiger charge is 2.18. The molecule has 0 spiro atoms. The van der Waals surface area contributed by atoms with Crippen molar-refractivity contribution in [2.24, 2.45) is 0 Å². The van der Waals surface area contributed by atoms with Crippen LogP contribution in [0.4, 0.5) is 0 Å². The van der Waals surface area contributed by atoms with Crippen LogP contribution >= 0.6 is 11.6 Å². The number of ether oxygens (including phenoxy) is 2. The van der Waals surface area contributed by atoms with E-state index in [2.05, 4.69) is 0 Å². The van der Waals surface area contributed by atoms with Crippen molar-refractivity contribution in [1.82, 2.24) is 0 Å². The molecule has 0 aliphatic carbocycles. The van der Waals surface area contributed by atoms with Gasteiger partial charge in [-0.05, 0) is 35.7 Å². The molecule has 3 rings (SSSR count). The molecule has 4 heteroatoms. The number of carbonyl (C=O) groups is 1. The molecule has 0 aliphatic heterocycles. The van der Waals surface area contributed by atoms with Crippen LogP contribution in [0, 0.1) is 0 Å². The minimum atomic E-state index is -0.408. The zero-order valence-electron chi connectivity index (χ0n) is 15.1. The van der Waals surface area contributed by atoms with E-state index in [1.165, 1.54) is 0 Å². The van der Waals surface area contributed by atoms with Gasteiger partial charge in [-0.15, -0.1) is 0 Å². The summed E-state index contributed by atoms with van der Waals surface area (Å²) in [6, 6.07) is 24.9. The lowest BCUT2D eigenvalue weighted by Gasteiger charge is -2.14. The maximum Gasteiger partial charge on any atom is 0.313 e. The number of benzene rings is 3. The highest BCUT2D eigenvalue weighted by molar-refractivity contribution is 6.32. The Morgan fingerprint density at radius 2 is 1.48 bits per heavy atom. The van der Waals surface area contributed by atoms with Crippen molar-refractivity contribution in [2.45, 2.75) is 26.1 Å². The molecule has 138 valence electrons. The minimum absolute atomic E-state index is 0.260. The van der Waals surface area contributed by atoms with Crippen LogP contribution in [0.15, 0.2) is 78.9 Å². The van der Waals surface area contributed by atoms with Gasteiger partial charge in [-0.25, -0.2) is 0 Å². The van der Waals surface area contributed by atoms with Gasteiger partial charge in [-0.3, -0.25) is 4.79 Å². The maximum atomic E-state index is 12.3. The summed E-state index contributed by atoms with van der Waals surface area (Å²) in [5.74, 6) is -0.101. The third kappa shape index (κ3) is 5.35. The minimum Gasteiger partial charge on any atom is -0.487 e. The molecule has 3 nitrogen and oxygen atoms in total. The molecule has 0 bridgehead atoms. The Morgan fingerprint density at radius 3 is 2.07 bits per heavy atom. The fraction of sp³-hybridized carbons (Fsp3) is 0.174. The molecule has 0 N–H and O–H groups in total. The van der Waals surface area contributed by atoms with Crippen LogP contribution in [0.5, 0.6) is 5.75 Å². The fourth-order valence-electron chi connectivity index (χ4n) is 2.63. The van der Waals surface area contributed by atoms with Crippen LogP contribution in [0.1, 0.15) is 29.5 Å². The second kappa shape index (κ2) is 9.24. The lowest BCUT2D eigenvalue weighted by atomic mass is 10.0. The van der Waals surface area contributed by atoms with E-state index >= 15 is 0 Å². The van der Waals surface area contributed by atoms with Crippen LogP contribution in [0.25, 0.3) is 0 Å². The maximum absolute atomic E-state index is 12.3. The Kier molecular flexibility index (Phi) is 6.50. The summed E-state index contributed by atoms with van der Waals surface area (Å²) in [5.41, 5.74) is 2.82. The monoisotopic (exact) mass is 380 g/mol. The predicted molar refractivity (Wildman–Crippen MR) is 107 cm³/mol. The Labute approximate surface area is 164 Å². The van der Waals surface area contributed by atoms with Crippen molar-refractivity contribution < 1.29 is 14.3 Å². The van der Waals surface area contributed by atoms with Gasteiger partial charge < -0.3 is 9.47 Å². The molecule has 0 amide bonds. The number of esters is 1. The molecule has 0 fully saturated rings. The molecule has 0 radical (unpaired) electrons. The van der Waals surface area contributed by atoms with E-state index in [1.54, 1.807) is 12.1 Å². The van der Waals surface area contributed by atoms with Crippen LogP contribution < -0.4 is 4.74 Å². The van der Waals surface area contributed by atoms with E-state index in [1.807, 2.05) is 73.7 Å². The van der Waals surface area contributed by atoms with Crippen LogP contribution in [-0.2, 0) is 22.7 Å². The lowest BCUT2D eigenvalue weighted by molar-refractivity contribution is -0.146. The van der Waals surface area contributed by atoms with E-state index in [9.17, 15) is 4.79 Å². The molecule has 0 heterocycles. The molecule has 3 aromatic rings. The lowest BCUT2D eigenvalue weighted by Crippen LogP contribution is -2.13. The van der Waals surface area contributed by atoms with Gasteiger partial charge >= 0.3 is 5.97 Å². The van der Waals surface area contributed by atoms with Gasteiger partial charge in [0, 0.05) is 0 Å². The third-order valence-corrected chi connectivity index (χ3v) is 4.57. The highest BCUT2D eigenvalue weighted by Crippen LogP contribution is 2.30. The number of hydrogen-bond donors (Lipinski definition) is 0. The number of carbonyl (C=O) groups excluding carboxylic acids is 1. The van der Waals surface area contributed by atoms with Crippen LogP contribution in [0.3, 0.4) is 0 Å². The van der Waals surface area contributed by atoms with Gasteiger partial charge in [-0.1, -0.05) is 78.3 Å². The summed E-state index contributed by atoms with van der Waals surface area (Å²) in [7, 11) is 0. The first kappa shape index (κ1) is 19.0. The largest absolute Gasteiger partial charge is 0.487 e. The molecule has 0 saturated carbocycles. The summed E-state index contributed by atoms with van der Waals surface area (Å²) in [6.45, 7) is 2.51. The normalized spacial score (nSPS) is 11.6. The zero-order chi connectivity index (χ0) is 19.1. The Bertz CT molecular complexity index is 879. The average molecular weight is 381 g/mol. The second-order valence-electron chi connectivity index (χ2n) is 6.28. The van der Waals surface area contributed by atoms with Crippen molar-refractivity contribution in [3.05, 3.63) is 101 Å². The van der Waals surface area contributed by atoms with Crippen molar-refractivity contribution in [1.29, 1.82) is 0 Å². The van der Waals surface area contributed by atoms with E-state index in [0.29, 0.717) is 17.4 Å². The first-order chi connectivity index (χ1) is 13.1. The first-order valence-electron chi connectivity index (χ1n) is 8.80. The van der Waals surface area contributed by atoms with Gasteiger partial charge in [-0.2, -0.15) is 0 Å². The molecule has 0 saturated heterocycles. The SMILES string of the molecule is CC(C(=O)OCc1ccccc1)c1ccc(OCc2ccccc2)c(Cl)c1. The molecular formula is C23H21ClO3. The number of hydrogen-bond acceptors (Lipinski definition) is 3. The van der Waals surface area contributed by atoms with Crippen LogP contribution in [-0.4, -0.2) is 5.97 Å². The Morgan fingerprint density at radius 1 is 0.889 bits per heavy atom. The summed E-state index contributed by atoms with van der Waals surface area (Å²) >= 11 is 6.34. The Balaban J connectivity index is 1.59. The quantitative estimate of drug-likeness (QED) is 0.488. The van der Waals surface area contributed by atoms with E-state index in [0.717, 1.165) is 16.7 Å². The van der Waals surface area contributed by atoms with Gasteiger partial charge in [0.15, 0.2) is 0 Å². The molecule has 0 aromatic heterocycles. The molecule has 3 aromatic carbocycles. The Hall–Kier alpha value is -2.78. The fourth-order valence-corrected chi connectivity index (χ4v) is 2.87. The van der Waals surface area contributed by atoms with E-state index in [4.69, 9.17) is 21.1 Å². The van der Waals surface area contributed by atoms with Crippen molar-refractivity contribution in [3.63, 3.8) is 0 Å². The predicted octanol–water partition coefficient (Wildman–Crippen LogP) is 5.77. The second-order valence-corrected chi connectivity index (χ2v) is 6.69. The smallest absolute Gasteiger partial charge is 0.313 e. The summed E-state index contributed by atoms with van der Waals surface area (Å²) in [6.07, 6.45) is 0. The molecule has 0 aliphatic rings. The van der Waals surface area contributed by atoms with Gasteiger partial charge in [0.2, 0.25) is 0 Å². The number of halogens is 1. The first-order valence-corrected chi connectivity index (χ1v) is 9.18. The third-order valence-electron chi connectivity index (χ3n) is 4.27. The average Bonchev–Trinajstić information content (AvgIpc) is 2.72. The molecular weight excluding hydrogens is 360 g/mol.